The maximum absolute atomic E-state index is 12.3. The van der Waals surface area contributed by atoms with Crippen molar-refractivity contribution in [2.75, 3.05) is 39.4 Å². The molecule has 0 aromatic heterocycles. The fraction of sp³-hybridized carbons (Fsp3) is 0.409. The van der Waals surface area contributed by atoms with Crippen molar-refractivity contribution in [3.63, 3.8) is 0 Å². The summed E-state index contributed by atoms with van der Waals surface area (Å²) >= 11 is 6.11. The van der Waals surface area contributed by atoms with Gasteiger partial charge in [0.05, 0.1) is 30.3 Å². The van der Waals surface area contributed by atoms with Gasteiger partial charge in [0, 0.05) is 43.8 Å². The van der Waals surface area contributed by atoms with Gasteiger partial charge < -0.3 is 19.9 Å². The van der Waals surface area contributed by atoms with Crippen molar-refractivity contribution in [1.29, 1.82) is 0 Å². The Bertz CT molecular complexity index is 887. The molecule has 6 nitrogen and oxygen atoms in total. The number of likely N-dealkylation sites (tertiary alicyclic amines) is 1. The van der Waals surface area contributed by atoms with E-state index in [1.807, 2.05) is 17.0 Å². The molecule has 1 unspecified atom stereocenters. The monoisotopic (exact) mass is 412 g/mol. The normalized spacial score (nSPS) is 24.8. The van der Waals surface area contributed by atoms with Crippen molar-refractivity contribution in [2.24, 2.45) is 0 Å². The minimum atomic E-state index is 0.0539. The van der Waals surface area contributed by atoms with E-state index < -0.39 is 0 Å². The second-order valence-electron chi connectivity index (χ2n) is 7.78. The zero-order valence-electron chi connectivity index (χ0n) is 16.3. The Morgan fingerprint density at radius 3 is 2.66 bits per heavy atom. The van der Waals surface area contributed by atoms with Crippen LogP contribution in [0.2, 0.25) is 5.02 Å². The molecule has 0 bridgehead atoms. The lowest BCUT2D eigenvalue weighted by molar-refractivity contribution is -0.125. The van der Waals surface area contributed by atoms with Gasteiger partial charge in [-0.2, -0.15) is 0 Å². The molecule has 7 heteroatoms. The smallest absolute Gasteiger partial charge is 0.227 e. The Kier molecular flexibility index (Phi) is 5.08. The summed E-state index contributed by atoms with van der Waals surface area (Å²) in [5, 5.41) is 4.39. The molecule has 4 aliphatic rings. The van der Waals surface area contributed by atoms with E-state index >= 15 is 0 Å². The minimum absolute atomic E-state index is 0.0539. The lowest BCUT2D eigenvalue weighted by atomic mass is 10.1. The average Bonchev–Trinajstić information content (AvgIpc) is 3.33. The molecular formula is C22H25ClN4O2. The number of rotatable bonds is 4. The van der Waals surface area contributed by atoms with Gasteiger partial charge in [0.1, 0.15) is 6.17 Å². The highest BCUT2D eigenvalue weighted by Crippen LogP contribution is 2.33. The quantitative estimate of drug-likeness (QED) is 0.823. The number of hydrogen-bond donors (Lipinski definition) is 1. The maximum Gasteiger partial charge on any atom is 0.227 e. The predicted molar refractivity (Wildman–Crippen MR) is 113 cm³/mol. The molecule has 1 aromatic rings. The summed E-state index contributed by atoms with van der Waals surface area (Å²) in [4.78, 5) is 18.9. The van der Waals surface area contributed by atoms with Gasteiger partial charge in [0.2, 0.25) is 5.91 Å². The van der Waals surface area contributed by atoms with Crippen LogP contribution >= 0.6 is 11.6 Å². The second-order valence-corrected chi connectivity index (χ2v) is 8.21. The van der Waals surface area contributed by atoms with E-state index in [4.69, 9.17) is 16.3 Å². The number of amides is 1. The van der Waals surface area contributed by atoms with Crippen LogP contribution in [0.1, 0.15) is 18.4 Å². The molecule has 2 fully saturated rings. The largest absolute Gasteiger partial charge is 0.379 e. The number of carbonyl (C=O) groups is 1. The van der Waals surface area contributed by atoms with Crippen molar-refractivity contribution >= 4 is 23.2 Å². The van der Waals surface area contributed by atoms with Crippen LogP contribution in [0.5, 0.6) is 0 Å². The number of allylic oxidation sites excluding steroid dienone is 1. The van der Waals surface area contributed by atoms with Crippen molar-refractivity contribution in [3.05, 3.63) is 64.6 Å². The van der Waals surface area contributed by atoms with Crippen LogP contribution in [-0.4, -0.2) is 66.2 Å². The van der Waals surface area contributed by atoms with Gasteiger partial charge in [-0.15, -0.1) is 0 Å². The van der Waals surface area contributed by atoms with Crippen LogP contribution in [0, 0.1) is 0 Å². The Labute approximate surface area is 176 Å². The van der Waals surface area contributed by atoms with Gasteiger partial charge in [0.15, 0.2) is 0 Å². The molecule has 0 saturated carbocycles. The molecule has 5 rings (SSSR count). The Morgan fingerprint density at radius 1 is 1.14 bits per heavy atom. The molecule has 1 amide bonds. The van der Waals surface area contributed by atoms with Crippen molar-refractivity contribution in [3.8, 4) is 0 Å². The second kappa shape index (κ2) is 7.86. The number of fused-ring (bicyclic) bond motifs is 1. The van der Waals surface area contributed by atoms with Gasteiger partial charge in [0.25, 0.3) is 0 Å². The topological polar surface area (TPSA) is 48.1 Å². The van der Waals surface area contributed by atoms with Crippen LogP contribution < -0.4 is 5.32 Å². The van der Waals surface area contributed by atoms with Crippen LogP contribution in [0.3, 0.4) is 0 Å². The standard InChI is InChI=1S/C22H25ClN4O2/c23-17-5-3-16(4-6-17)22-19(15-25-10-12-29-13-11-25)27-14-18(7-8-20(27)24-22)26-9-1-2-21(26)28/h3-8,14,20,24H,1-2,9-13,15H2. The molecule has 2 saturated heterocycles. The number of carbonyl (C=O) groups excluding carboxylic acids is 1. The van der Waals surface area contributed by atoms with Gasteiger partial charge in [-0.05, 0) is 36.3 Å². The third kappa shape index (κ3) is 3.68. The average molecular weight is 413 g/mol. The first kappa shape index (κ1) is 18.7. The highest BCUT2D eigenvalue weighted by atomic mass is 35.5. The van der Waals surface area contributed by atoms with E-state index in [9.17, 15) is 4.79 Å². The summed E-state index contributed by atoms with van der Waals surface area (Å²) in [5.41, 5.74) is 4.43. The van der Waals surface area contributed by atoms with Gasteiger partial charge >= 0.3 is 0 Å². The molecule has 1 aromatic carbocycles. The minimum Gasteiger partial charge on any atom is -0.379 e. The van der Waals surface area contributed by atoms with Crippen LogP contribution in [0.25, 0.3) is 5.70 Å². The molecule has 1 N–H and O–H groups in total. The third-order valence-corrected chi connectivity index (χ3v) is 6.16. The molecule has 0 radical (unpaired) electrons. The first-order valence-electron chi connectivity index (χ1n) is 10.2. The molecular weight excluding hydrogens is 388 g/mol. The molecule has 0 aliphatic carbocycles. The fourth-order valence-electron chi connectivity index (χ4n) is 4.35. The summed E-state index contributed by atoms with van der Waals surface area (Å²) in [6, 6.07) is 7.96. The number of hydrogen-bond acceptors (Lipinski definition) is 5. The summed E-state index contributed by atoms with van der Waals surface area (Å²) in [5.74, 6) is 0.211. The number of morpholine rings is 1. The van der Waals surface area contributed by atoms with Crippen LogP contribution in [-0.2, 0) is 9.53 Å². The highest BCUT2D eigenvalue weighted by Gasteiger charge is 2.34. The zero-order chi connectivity index (χ0) is 19.8. The van der Waals surface area contributed by atoms with E-state index in [2.05, 4.69) is 45.6 Å². The summed E-state index contributed by atoms with van der Waals surface area (Å²) in [6.07, 6.45) is 7.95. The first-order valence-corrected chi connectivity index (χ1v) is 10.6. The van der Waals surface area contributed by atoms with Crippen molar-refractivity contribution < 1.29 is 9.53 Å². The van der Waals surface area contributed by atoms with Crippen molar-refractivity contribution in [1.82, 2.24) is 20.0 Å². The van der Waals surface area contributed by atoms with Crippen LogP contribution in [0.4, 0.5) is 0 Å². The Balaban J connectivity index is 1.50. The molecule has 152 valence electrons. The van der Waals surface area contributed by atoms with E-state index in [-0.39, 0.29) is 12.1 Å². The fourth-order valence-corrected chi connectivity index (χ4v) is 4.48. The van der Waals surface area contributed by atoms with Gasteiger partial charge in [-0.25, -0.2) is 0 Å². The van der Waals surface area contributed by atoms with E-state index in [0.29, 0.717) is 6.42 Å². The first-order chi connectivity index (χ1) is 14.2. The SMILES string of the molecule is O=C1CCCN1C1=CN2C(CN3CCOCC3)=C(c3ccc(Cl)cc3)NC2C=C1. The van der Waals surface area contributed by atoms with Gasteiger partial charge in [-0.1, -0.05) is 23.7 Å². The molecule has 4 heterocycles. The highest BCUT2D eigenvalue weighted by molar-refractivity contribution is 6.30. The number of nitrogens with zero attached hydrogens (tertiary/aromatic N) is 3. The number of benzene rings is 1. The third-order valence-electron chi connectivity index (χ3n) is 5.91. The van der Waals surface area contributed by atoms with Gasteiger partial charge in [-0.3, -0.25) is 9.69 Å². The Hall–Kier alpha value is -2.28. The maximum atomic E-state index is 12.3. The summed E-state index contributed by atoms with van der Waals surface area (Å²) in [6.45, 7) is 5.01. The molecule has 4 aliphatic heterocycles. The molecule has 1 atom stereocenters. The van der Waals surface area contributed by atoms with E-state index in [0.717, 1.165) is 67.8 Å². The lowest BCUT2D eigenvalue weighted by Gasteiger charge is -2.33. The number of nitrogens with one attached hydrogen (secondary N) is 1. The number of halogens is 1. The lowest BCUT2D eigenvalue weighted by Crippen LogP contribution is -2.41. The molecule has 29 heavy (non-hydrogen) atoms. The Morgan fingerprint density at radius 2 is 1.93 bits per heavy atom. The summed E-state index contributed by atoms with van der Waals surface area (Å²) < 4.78 is 5.52. The van der Waals surface area contributed by atoms with E-state index in [1.54, 1.807) is 0 Å². The zero-order valence-corrected chi connectivity index (χ0v) is 17.1. The van der Waals surface area contributed by atoms with Crippen molar-refractivity contribution in [2.45, 2.75) is 19.0 Å². The number of ether oxygens (including phenoxy) is 1. The van der Waals surface area contributed by atoms with E-state index in [1.165, 1.54) is 5.70 Å². The van der Waals surface area contributed by atoms with Crippen LogP contribution in [0.15, 0.2) is 54.0 Å². The summed E-state index contributed by atoms with van der Waals surface area (Å²) in [7, 11) is 0. The molecule has 0 spiro atoms. The predicted octanol–water partition coefficient (Wildman–Crippen LogP) is 2.61.